The van der Waals surface area contributed by atoms with E-state index >= 15 is 0 Å². The Morgan fingerprint density at radius 1 is 1.04 bits per heavy atom. The topological polar surface area (TPSA) is 95.6 Å². The monoisotopic (exact) mass is 365 g/mol. The molecule has 3 rings (SSSR count). The van der Waals surface area contributed by atoms with E-state index in [0.29, 0.717) is 22.6 Å². The number of rotatable bonds is 4. The van der Waals surface area contributed by atoms with Crippen LogP contribution in [0.15, 0.2) is 48.5 Å². The molecule has 0 radical (unpaired) electrons. The Morgan fingerprint density at radius 2 is 1.70 bits per heavy atom. The smallest absolute Gasteiger partial charge is 0.248 e. The van der Waals surface area contributed by atoms with Crippen LogP contribution in [0, 0.1) is 0 Å². The number of Topliss-reactive ketones (excluding diaryl/α,β-unsaturated/α-hetero) is 1. The summed E-state index contributed by atoms with van der Waals surface area (Å²) in [6.45, 7) is 2.82. The van der Waals surface area contributed by atoms with Crippen LogP contribution in [0.5, 0.6) is 0 Å². The first-order valence-corrected chi connectivity index (χ1v) is 8.47. The van der Waals surface area contributed by atoms with E-state index in [1.807, 2.05) is 0 Å². The Balaban J connectivity index is 1.77. The highest BCUT2D eigenvalue weighted by Gasteiger charge is 2.36. The second-order valence-electron chi connectivity index (χ2n) is 6.30. The molecule has 7 heteroatoms. The number of ketones is 1. The van der Waals surface area contributed by atoms with Crippen molar-refractivity contribution in [2.45, 2.75) is 26.3 Å². The zero-order valence-electron chi connectivity index (χ0n) is 15.0. The number of nitrogens with zero attached hydrogens (tertiary/aromatic N) is 1. The van der Waals surface area contributed by atoms with E-state index in [0.717, 1.165) is 0 Å². The third-order valence-corrected chi connectivity index (χ3v) is 4.33. The highest BCUT2D eigenvalue weighted by Crippen LogP contribution is 2.32. The van der Waals surface area contributed by atoms with Gasteiger partial charge in [0.15, 0.2) is 5.78 Å². The van der Waals surface area contributed by atoms with Crippen LogP contribution in [0.2, 0.25) is 0 Å². The maximum Gasteiger partial charge on any atom is 0.248 e. The van der Waals surface area contributed by atoms with Gasteiger partial charge in [-0.25, -0.2) is 0 Å². The van der Waals surface area contributed by atoms with Crippen molar-refractivity contribution in [2.24, 2.45) is 0 Å². The highest BCUT2D eigenvalue weighted by atomic mass is 16.2. The predicted octanol–water partition coefficient (Wildman–Crippen LogP) is 2.59. The van der Waals surface area contributed by atoms with E-state index in [2.05, 4.69) is 10.6 Å². The summed E-state index contributed by atoms with van der Waals surface area (Å²) in [4.78, 5) is 49.7. The van der Waals surface area contributed by atoms with Crippen molar-refractivity contribution in [2.75, 3.05) is 15.5 Å². The van der Waals surface area contributed by atoms with Gasteiger partial charge in [-0.3, -0.25) is 24.1 Å². The third-order valence-electron chi connectivity index (χ3n) is 4.33. The largest absolute Gasteiger partial charge is 0.326 e. The molecule has 3 amide bonds. The third kappa shape index (κ3) is 3.87. The molecule has 1 atom stereocenters. The van der Waals surface area contributed by atoms with Crippen molar-refractivity contribution in [1.82, 2.24) is 0 Å². The second kappa shape index (κ2) is 7.41. The molecule has 7 nitrogen and oxygen atoms in total. The summed E-state index contributed by atoms with van der Waals surface area (Å²) < 4.78 is 0. The molecule has 2 N–H and O–H groups in total. The van der Waals surface area contributed by atoms with Crippen molar-refractivity contribution >= 4 is 40.6 Å². The summed E-state index contributed by atoms with van der Waals surface area (Å²) in [6, 6.07) is 12.5. The number of fused-ring (bicyclic) bond motifs is 1. The number of hydrogen-bond donors (Lipinski definition) is 2. The molecule has 0 aromatic heterocycles. The molecule has 1 unspecified atom stereocenters. The normalized spacial score (nSPS) is 15.6. The molecule has 0 saturated carbocycles. The number of hydrogen-bond acceptors (Lipinski definition) is 4. The summed E-state index contributed by atoms with van der Waals surface area (Å²) in [6.07, 6.45) is -0.186. The standard InChI is InChI=1S/C20H19N3O4/c1-12(24)14-7-9-15(10-8-14)21-19(26)11-18-20(27)22-16-5-3-4-6-17(16)23(18)13(2)25/h3-10,18H,11H2,1-2H3,(H,21,26)(H,22,27). The Labute approximate surface area is 156 Å². The molecule has 2 aromatic rings. The molecule has 0 saturated heterocycles. The number of carbonyl (C=O) groups excluding carboxylic acids is 4. The summed E-state index contributed by atoms with van der Waals surface area (Å²) in [5.74, 6) is -1.20. The first-order valence-electron chi connectivity index (χ1n) is 8.47. The number of benzene rings is 2. The fourth-order valence-corrected chi connectivity index (χ4v) is 3.04. The minimum Gasteiger partial charge on any atom is -0.326 e. The molecule has 1 aliphatic rings. The number of para-hydroxylation sites is 2. The minimum atomic E-state index is -0.936. The lowest BCUT2D eigenvalue weighted by molar-refractivity contribution is -0.125. The molecule has 0 fully saturated rings. The van der Waals surface area contributed by atoms with Crippen molar-refractivity contribution < 1.29 is 19.2 Å². The Morgan fingerprint density at radius 3 is 2.33 bits per heavy atom. The zero-order valence-corrected chi connectivity index (χ0v) is 15.0. The summed E-state index contributed by atoms with van der Waals surface area (Å²) >= 11 is 0. The molecule has 0 bridgehead atoms. The van der Waals surface area contributed by atoms with E-state index in [-0.39, 0.29) is 18.1 Å². The van der Waals surface area contributed by atoms with Gasteiger partial charge in [-0.2, -0.15) is 0 Å². The Kier molecular flexibility index (Phi) is 5.03. The van der Waals surface area contributed by atoms with Crippen LogP contribution in [0.25, 0.3) is 0 Å². The average molecular weight is 365 g/mol. The van der Waals surface area contributed by atoms with Crippen LogP contribution in [0.3, 0.4) is 0 Å². The molecular weight excluding hydrogens is 346 g/mol. The lowest BCUT2D eigenvalue weighted by Gasteiger charge is -2.35. The average Bonchev–Trinajstić information content (AvgIpc) is 2.62. The molecule has 0 aliphatic carbocycles. The van der Waals surface area contributed by atoms with Crippen molar-refractivity contribution in [3.05, 3.63) is 54.1 Å². The first-order chi connectivity index (χ1) is 12.9. The van der Waals surface area contributed by atoms with Crippen molar-refractivity contribution in [3.8, 4) is 0 Å². The van der Waals surface area contributed by atoms with Gasteiger partial charge in [-0.15, -0.1) is 0 Å². The van der Waals surface area contributed by atoms with E-state index in [1.54, 1.807) is 48.5 Å². The van der Waals surface area contributed by atoms with E-state index in [9.17, 15) is 19.2 Å². The van der Waals surface area contributed by atoms with E-state index < -0.39 is 17.9 Å². The van der Waals surface area contributed by atoms with Crippen molar-refractivity contribution in [3.63, 3.8) is 0 Å². The van der Waals surface area contributed by atoms with Crippen LogP contribution >= 0.6 is 0 Å². The quantitative estimate of drug-likeness (QED) is 0.814. The van der Waals surface area contributed by atoms with E-state index in [1.165, 1.54) is 18.7 Å². The van der Waals surface area contributed by atoms with Crippen LogP contribution in [0.1, 0.15) is 30.6 Å². The molecule has 1 aliphatic heterocycles. The summed E-state index contributed by atoms with van der Waals surface area (Å²) in [7, 11) is 0. The van der Waals surface area contributed by atoms with Crippen molar-refractivity contribution in [1.29, 1.82) is 0 Å². The number of amides is 3. The maximum absolute atomic E-state index is 12.5. The SMILES string of the molecule is CC(=O)c1ccc(NC(=O)CC2C(=O)Nc3ccccc3N2C(C)=O)cc1. The van der Waals surface area contributed by atoms with Crippen LogP contribution in [-0.4, -0.2) is 29.5 Å². The van der Waals surface area contributed by atoms with Gasteiger partial charge < -0.3 is 10.6 Å². The van der Waals surface area contributed by atoms with Gasteiger partial charge in [-0.05, 0) is 43.3 Å². The Bertz CT molecular complexity index is 921. The number of nitrogens with one attached hydrogen (secondary N) is 2. The van der Waals surface area contributed by atoms with Gasteiger partial charge in [0.05, 0.1) is 17.8 Å². The lowest BCUT2D eigenvalue weighted by atomic mass is 10.0. The fraction of sp³-hybridized carbons (Fsp3) is 0.200. The van der Waals surface area contributed by atoms with Gasteiger partial charge in [0.25, 0.3) is 0 Å². The summed E-state index contributed by atoms with van der Waals surface area (Å²) in [5.41, 5.74) is 2.15. The maximum atomic E-state index is 12.5. The van der Waals surface area contributed by atoms with Gasteiger partial charge in [0.1, 0.15) is 6.04 Å². The molecular formula is C20H19N3O4. The van der Waals surface area contributed by atoms with Crippen LogP contribution in [-0.2, 0) is 14.4 Å². The molecule has 1 heterocycles. The number of carbonyl (C=O) groups is 4. The Hall–Kier alpha value is -3.48. The molecule has 138 valence electrons. The minimum absolute atomic E-state index is 0.0671. The molecule has 0 spiro atoms. The molecule has 2 aromatic carbocycles. The van der Waals surface area contributed by atoms with Gasteiger partial charge in [0, 0.05) is 18.2 Å². The summed E-state index contributed by atoms with van der Waals surface area (Å²) in [5, 5.41) is 5.42. The van der Waals surface area contributed by atoms with Crippen LogP contribution < -0.4 is 15.5 Å². The number of anilines is 3. The molecule has 27 heavy (non-hydrogen) atoms. The predicted molar refractivity (Wildman–Crippen MR) is 102 cm³/mol. The first kappa shape index (κ1) is 18.3. The second-order valence-corrected chi connectivity index (χ2v) is 6.30. The van der Waals surface area contributed by atoms with Gasteiger partial charge in [0.2, 0.25) is 17.7 Å². The fourth-order valence-electron chi connectivity index (χ4n) is 3.04. The van der Waals surface area contributed by atoms with Crippen LogP contribution in [0.4, 0.5) is 17.1 Å². The zero-order chi connectivity index (χ0) is 19.6. The van der Waals surface area contributed by atoms with Gasteiger partial charge in [-0.1, -0.05) is 12.1 Å². The van der Waals surface area contributed by atoms with Gasteiger partial charge >= 0.3 is 0 Å². The highest BCUT2D eigenvalue weighted by molar-refractivity contribution is 6.13. The van der Waals surface area contributed by atoms with E-state index in [4.69, 9.17) is 0 Å². The lowest BCUT2D eigenvalue weighted by Crippen LogP contribution is -2.51.